The zero-order valence-electron chi connectivity index (χ0n) is 2.32. The normalized spacial score (nSPS) is 0. The van der Waals surface area contributed by atoms with Gasteiger partial charge in [0.15, 0.2) is 0 Å². The predicted molar refractivity (Wildman–Crippen MR) is 15.9 cm³/mol. The summed E-state index contributed by atoms with van der Waals surface area (Å²) < 4.78 is 0. The van der Waals surface area contributed by atoms with Crippen molar-refractivity contribution in [3.05, 3.63) is 0 Å². The summed E-state index contributed by atoms with van der Waals surface area (Å²) in [6.45, 7) is 0. The molecule has 4 heavy (non-hydrogen) atoms. The van der Waals surface area contributed by atoms with Crippen LogP contribution in [-0.2, 0) is 19.5 Å². The van der Waals surface area contributed by atoms with E-state index in [0.29, 0.717) is 0 Å². The summed E-state index contributed by atoms with van der Waals surface area (Å²) in [6, 6.07) is 0. The van der Waals surface area contributed by atoms with E-state index >= 15 is 0 Å². The van der Waals surface area contributed by atoms with Crippen molar-refractivity contribution >= 4 is 12.4 Å². The largest absolute Gasteiger partial charge is 0.412 e. The first kappa shape index (κ1) is 102. The van der Waals surface area contributed by atoms with Crippen molar-refractivity contribution < 1.29 is 25.0 Å². The standard InChI is InChI=1S/ClH.H3N.H2O.Zn/h1H;1H3;1H2;. The summed E-state index contributed by atoms with van der Waals surface area (Å²) in [5, 5.41) is 0. The van der Waals surface area contributed by atoms with E-state index in [1.54, 1.807) is 0 Å². The van der Waals surface area contributed by atoms with Crippen LogP contribution in [-0.4, -0.2) is 5.48 Å². The molecule has 0 amide bonds. The van der Waals surface area contributed by atoms with Gasteiger partial charge in [0.2, 0.25) is 0 Å². The fraction of sp³-hybridized carbons (Fsp3) is 0. The van der Waals surface area contributed by atoms with Crippen LogP contribution in [0.5, 0.6) is 0 Å². The zero-order chi connectivity index (χ0) is 0. The Balaban J connectivity index is 0. The molecule has 0 unspecified atom stereocenters. The van der Waals surface area contributed by atoms with E-state index in [9.17, 15) is 0 Å². The SMILES string of the molecule is Cl.N.O.[Zn]. The Bertz CT molecular complexity index is 8.00. The molecule has 26 valence electrons. The molecule has 0 saturated carbocycles. The molecule has 4 heteroatoms. The van der Waals surface area contributed by atoms with E-state index < -0.39 is 0 Å². The first-order valence-electron chi connectivity index (χ1n) is 0. The second-order valence-corrected chi connectivity index (χ2v) is 0. The van der Waals surface area contributed by atoms with E-state index in [4.69, 9.17) is 0 Å². The minimum Gasteiger partial charge on any atom is -0.412 e. The Morgan fingerprint density at radius 2 is 1.00 bits per heavy atom. The van der Waals surface area contributed by atoms with E-state index in [1.165, 1.54) is 0 Å². The van der Waals surface area contributed by atoms with Crippen LogP contribution in [0.15, 0.2) is 0 Å². The van der Waals surface area contributed by atoms with Gasteiger partial charge in [0.05, 0.1) is 0 Å². The molecule has 2 nitrogen and oxygen atoms in total. The van der Waals surface area contributed by atoms with Gasteiger partial charge in [0, 0.05) is 19.5 Å². The van der Waals surface area contributed by atoms with Gasteiger partial charge in [-0.05, 0) is 0 Å². The van der Waals surface area contributed by atoms with Crippen molar-refractivity contribution in [3.8, 4) is 0 Å². The molecule has 0 aliphatic carbocycles. The molecule has 0 rings (SSSR count). The first-order valence-corrected chi connectivity index (χ1v) is 0. The van der Waals surface area contributed by atoms with Crippen LogP contribution in [0.1, 0.15) is 0 Å². The van der Waals surface area contributed by atoms with Gasteiger partial charge in [0.1, 0.15) is 0 Å². The van der Waals surface area contributed by atoms with Gasteiger partial charge >= 0.3 is 0 Å². The first-order chi connectivity index (χ1) is 0. The Morgan fingerprint density at radius 3 is 1.00 bits per heavy atom. The Kier molecular flexibility index (Phi) is 1130. The van der Waals surface area contributed by atoms with Crippen LogP contribution in [0.25, 0.3) is 0 Å². The maximum Gasteiger partial charge on any atom is 0 e. The Labute approximate surface area is 44.0 Å². The van der Waals surface area contributed by atoms with Crippen molar-refractivity contribution in [1.29, 1.82) is 0 Å². The minimum absolute atomic E-state index is 0. The van der Waals surface area contributed by atoms with Crippen molar-refractivity contribution in [2.75, 3.05) is 0 Å². The molecule has 0 aromatic rings. The number of halogens is 1. The zero-order valence-corrected chi connectivity index (χ0v) is 6.11. The van der Waals surface area contributed by atoms with E-state index in [2.05, 4.69) is 0 Å². The molecule has 0 bridgehead atoms. The van der Waals surface area contributed by atoms with E-state index in [0.717, 1.165) is 0 Å². The maximum atomic E-state index is 0. The maximum absolute atomic E-state index is 0. The van der Waals surface area contributed by atoms with Crippen molar-refractivity contribution in [1.82, 2.24) is 6.15 Å². The molecule has 5 N–H and O–H groups in total. The van der Waals surface area contributed by atoms with Gasteiger partial charge in [0.25, 0.3) is 0 Å². The summed E-state index contributed by atoms with van der Waals surface area (Å²) in [5.41, 5.74) is 0. The predicted octanol–water partition coefficient (Wildman–Crippen LogP) is -0.243. The molecule has 0 atom stereocenters. The van der Waals surface area contributed by atoms with Gasteiger partial charge in [-0.2, -0.15) is 0 Å². The molecular formula is H6ClNOZn. The van der Waals surface area contributed by atoms with Gasteiger partial charge < -0.3 is 11.6 Å². The number of hydrogen-bond donors (Lipinski definition) is 1. The van der Waals surface area contributed by atoms with Gasteiger partial charge in [-0.3, -0.25) is 0 Å². The van der Waals surface area contributed by atoms with Crippen LogP contribution >= 0.6 is 12.4 Å². The molecule has 0 spiro atoms. The number of hydrogen-bond acceptors (Lipinski definition) is 1. The van der Waals surface area contributed by atoms with Crippen molar-refractivity contribution in [2.24, 2.45) is 0 Å². The van der Waals surface area contributed by atoms with Crippen LogP contribution in [0.3, 0.4) is 0 Å². The molecule has 0 saturated heterocycles. The third-order valence-corrected chi connectivity index (χ3v) is 0. The molecule has 0 radical (unpaired) electrons. The third-order valence-electron chi connectivity index (χ3n) is 0. The van der Waals surface area contributed by atoms with Crippen LogP contribution in [0.4, 0.5) is 0 Å². The average molecular weight is 137 g/mol. The second-order valence-electron chi connectivity index (χ2n) is 0. The monoisotopic (exact) mass is 135 g/mol. The van der Waals surface area contributed by atoms with Gasteiger partial charge in [-0.1, -0.05) is 0 Å². The summed E-state index contributed by atoms with van der Waals surface area (Å²) in [4.78, 5) is 0. The van der Waals surface area contributed by atoms with Crippen molar-refractivity contribution in [2.45, 2.75) is 0 Å². The summed E-state index contributed by atoms with van der Waals surface area (Å²) in [5.74, 6) is 0. The number of rotatable bonds is 0. The van der Waals surface area contributed by atoms with Crippen LogP contribution in [0.2, 0.25) is 0 Å². The molecule has 0 aromatic heterocycles. The second kappa shape index (κ2) is 44.3. The molecule has 0 fully saturated rings. The molecule has 0 heterocycles. The van der Waals surface area contributed by atoms with E-state index in [1.807, 2.05) is 0 Å². The van der Waals surface area contributed by atoms with Gasteiger partial charge in [-0.25, -0.2) is 0 Å². The molecular weight excluding hydrogens is 131 g/mol. The molecule has 0 aliphatic rings. The summed E-state index contributed by atoms with van der Waals surface area (Å²) in [6.07, 6.45) is 0. The molecule has 0 aromatic carbocycles. The van der Waals surface area contributed by atoms with Crippen LogP contribution < -0.4 is 6.15 Å². The van der Waals surface area contributed by atoms with Gasteiger partial charge in [-0.15, -0.1) is 12.4 Å². The fourth-order valence-corrected chi connectivity index (χ4v) is 0. The fourth-order valence-electron chi connectivity index (χ4n) is 0. The van der Waals surface area contributed by atoms with Crippen LogP contribution in [0, 0.1) is 0 Å². The smallest absolute Gasteiger partial charge is 0 e. The molecule has 0 aliphatic heterocycles. The summed E-state index contributed by atoms with van der Waals surface area (Å²) >= 11 is 0. The van der Waals surface area contributed by atoms with Crippen molar-refractivity contribution in [3.63, 3.8) is 0 Å². The quantitative estimate of drug-likeness (QED) is 0.459. The third kappa shape index (κ3) is 13.7. The Hall–Kier alpha value is 0.833. The van der Waals surface area contributed by atoms with E-state index in [-0.39, 0.29) is 43.5 Å². The Morgan fingerprint density at radius 1 is 1.00 bits per heavy atom. The summed E-state index contributed by atoms with van der Waals surface area (Å²) in [7, 11) is 0. The average Bonchev–Trinajstić information content (AvgIpc) is 0. The minimum atomic E-state index is 0. The topological polar surface area (TPSA) is 66.5 Å².